The lowest BCUT2D eigenvalue weighted by Gasteiger charge is -2.18. The first-order valence-electron chi connectivity index (χ1n) is 9.59. The van der Waals surface area contributed by atoms with Crippen molar-refractivity contribution >= 4 is 49.7 Å². The topological polar surface area (TPSA) is 95.7 Å². The molecular formula is C22H19N3O4S. The molecule has 0 atom stereocenters. The Morgan fingerprint density at radius 2 is 2.00 bits per heavy atom. The number of carbonyl (C=O) groups excluding carboxylic acids is 1. The summed E-state index contributed by atoms with van der Waals surface area (Å²) in [6.45, 7) is 3.53. The fourth-order valence-corrected chi connectivity index (χ4v) is 4.40. The Balaban J connectivity index is 1.48. The van der Waals surface area contributed by atoms with Crippen LogP contribution in [-0.2, 0) is 0 Å². The molecule has 0 spiro atoms. The zero-order valence-corrected chi connectivity index (χ0v) is 17.0. The van der Waals surface area contributed by atoms with Crippen molar-refractivity contribution in [1.29, 1.82) is 0 Å². The third-order valence-corrected chi connectivity index (χ3v) is 5.92. The van der Waals surface area contributed by atoms with E-state index >= 15 is 0 Å². The number of nitrogens with zero attached hydrogens (tertiary/aromatic N) is 1. The number of carbonyl (C=O) groups is 1. The monoisotopic (exact) mass is 421 g/mol. The van der Waals surface area contributed by atoms with Crippen LogP contribution in [-0.4, -0.2) is 30.7 Å². The first kappa shape index (κ1) is 18.5. The van der Waals surface area contributed by atoms with Gasteiger partial charge in [0.2, 0.25) is 0 Å². The van der Waals surface area contributed by atoms with Crippen molar-refractivity contribution < 1.29 is 19.0 Å². The average molecular weight is 421 g/mol. The predicted molar refractivity (Wildman–Crippen MR) is 118 cm³/mol. The number of benzene rings is 2. The fourth-order valence-electron chi connectivity index (χ4n) is 3.42. The highest BCUT2D eigenvalue weighted by molar-refractivity contribution is 7.21. The van der Waals surface area contributed by atoms with Gasteiger partial charge < -0.3 is 25.3 Å². The summed E-state index contributed by atoms with van der Waals surface area (Å²) in [5.41, 5.74) is 8.18. The summed E-state index contributed by atoms with van der Waals surface area (Å²) >= 11 is 1.27. The minimum atomic E-state index is -0.286. The van der Waals surface area contributed by atoms with Crippen molar-refractivity contribution in [1.82, 2.24) is 4.98 Å². The van der Waals surface area contributed by atoms with Crippen LogP contribution in [0, 0.1) is 0 Å². The molecule has 0 unspecified atom stereocenters. The molecule has 152 valence electrons. The van der Waals surface area contributed by atoms with Crippen LogP contribution in [0.3, 0.4) is 0 Å². The molecule has 0 radical (unpaired) electrons. The second kappa shape index (κ2) is 7.38. The molecule has 5 rings (SSSR count). The van der Waals surface area contributed by atoms with Crippen LogP contribution in [0.4, 0.5) is 11.4 Å². The summed E-state index contributed by atoms with van der Waals surface area (Å²) in [5.74, 6) is 1.77. The number of pyridine rings is 1. The maximum atomic E-state index is 12.9. The third kappa shape index (κ3) is 3.25. The molecule has 4 aromatic rings. The number of hydrogen-bond donors (Lipinski definition) is 2. The number of nitrogen functional groups attached to an aromatic ring is 1. The molecule has 0 bridgehead atoms. The summed E-state index contributed by atoms with van der Waals surface area (Å²) in [4.78, 5) is 18.7. The van der Waals surface area contributed by atoms with Crippen molar-refractivity contribution in [2.45, 2.75) is 6.92 Å². The van der Waals surface area contributed by atoms with E-state index in [1.54, 1.807) is 18.2 Å². The Kier molecular flexibility index (Phi) is 4.55. The molecule has 3 N–H and O–H groups in total. The Bertz CT molecular complexity index is 1280. The van der Waals surface area contributed by atoms with Crippen LogP contribution in [0.5, 0.6) is 17.2 Å². The van der Waals surface area contributed by atoms with Gasteiger partial charge in [0.1, 0.15) is 28.7 Å². The number of anilines is 2. The van der Waals surface area contributed by atoms with Crippen LogP contribution >= 0.6 is 11.3 Å². The molecule has 30 heavy (non-hydrogen) atoms. The number of rotatable bonds is 4. The van der Waals surface area contributed by atoms with Gasteiger partial charge in [-0.2, -0.15) is 0 Å². The van der Waals surface area contributed by atoms with Gasteiger partial charge in [-0.05, 0) is 43.3 Å². The van der Waals surface area contributed by atoms with Gasteiger partial charge in [-0.15, -0.1) is 11.3 Å². The SMILES string of the molecule is CCOc1ccc2nc3sc(C(=O)Nc4ccc5c(c4)OCCO5)c(N)c3cc2c1. The smallest absolute Gasteiger partial charge is 0.267 e. The van der Waals surface area contributed by atoms with Gasteiger partial charge >= 0.3 is 0 Å². The highest BCUT2D eigenvalue weighted by Gasteiger charge is 2.19. The van der Waals surface area contributed by atoms with Crippen LogP contribution in [0.15, 0.2) is 42.5 Å². The van der Waals surface area contributed by atoms with Gasteiger partial charge in [0.25, 0.3) is 5.91 Å². The molecule has 0 aliphatic carbocycles. The summed E-state index contributed by atoms with van der Waals surface area (Å²) < 4.78 is 16.7. The fraction of sp³-hybridized carbons (Fsp3) is 0.182. The Hall–Kier alpha value is -3.52. The largest absolute Gasteiger partial charge is 0.494 e. The zero-order chi connectivity index (χ0) is 20.7. The highest BCUT2D eigenvalue weighted by atomic mass is 32.1. The van der Waals surface area contributed by atoms with Crippen LogP contribution < -0.4 is 25.3 Å². The number of nitrogens with two attached hydrogens (primary N) is 1. The van der Waals surface area contributed by atoms with Gasteiger partial charge in [0, 0.05) is 22.5 Å². The van der Waals surface area contributed by atoms with E-state index in [0.29, 0.717) is 47.6 Å². The summed E-state index contributed by atoms with van der Waals surface area (Å²) in [6.07, 6.45) is 0. The third-order valence-electron chi connectivity index (χ3n) is 4.80. The van der Waals surface area contributed by atoms with Gasteiger partial charge in [-0.1, -0.05) is 0 Å². The maximum absolute atomic E-state index is 12.9. The van der Waals surface area contributed by atoms with Crippen LogP contribution in [0.1, 0.15) is 16.6 Å². The lowest BCUT2D eigenvalue weighted by Crippen LogP contribution is -2.16. The molecular weight excluding hydrogens is 402 g/mol. The Labute approximate surface area is 176 Å². The molecule has 3 heterocycles. The van der Waals surface area contributed by atoms with Gasteiger partial charge in [-0.3, -0.25) is 4.79 Å². The lowest BCUT2D eigenvalue weighted by atomic mass is 10.1. The molecule has 0 fully saturated rings. The predicted octanol–water partition coefficient (Wildman–Crippen LogP) is 4.45. The summed E-state index contributed by atoms with van der Waals surface area (Å²) in [7, 11) is 0. The van der Waals surface area contributed by atoms with Crippen LogP contribution in [0.25, 0.3) is 21.1 Å². The zero-order valence-electron chi connectivity index (χ0n) is 16.2. The lowest BCUT2D eigenvalue weighted by molar-refractivity contribution is 0.103. The van der Waals surface area contributed by atoms with E-state index in [2.05, 4.69) is 10.3 Å². The van der Waals surface area contributed by atoms with E-state index in [1.807, 2.05) is 31.2 Å². The summed E-state index contributed by atoms with van der Waals surface area (Å²) in [5, 5.41) is 4.56. The average Bonchev–Trinajstić information content (AvgIpc) is 3.08. The van der Waals surface area contributed by atoms with Gasteiger partial charge in [0.15, 0.2) is 11.5 Å². The first-order valence-corrected chi connectivity index (χ1v) is 10.4. The molecule has 1 aliphatic heterocycles. The summed E-state index contributed by atoms with van der Waals surface area (Å²) in [6, 6.07) is 13.0. The van der Waals surface area contributed by atoms with E-state index in [9.17, 15) is 4.79 Å². The molecule has 1 aliphatic rings. The number of aromatic nitrogens is 1. The molecule has 2 aromatic heterocycles. The van der Waals surface area contributed by atoms with E-state index in [4.69, 9.17) is 19.9 Å². The second-order valence-electron chi connectivity index (χ2n) is 6.79. The minimum absolute atomic E-state index is 0.286. The highest BCUT2D eigenvalue weighted by Crippen LogP contribution is 2.37. The van der Waals surface area contributed by atoms with Gasteiger partial charge in [-0.25, -0.2) is 4.98 Å². The van der Waals surface area contributed by atoms with Crippen molar-refractivity contribution in [3.8, 4) is 17.2 Å². The maximum Gasteiger partial charge on any atom is 0.267 e. The number of ether oxygens (including phenoxy) is 3. The van der Waals surface area contributed by atoms with Gasteiger partial charge in [0.05, 0.1) is 17.8 Å². The van der Waals surface area contributed by atoms with E-state index in [0.717, 1.165) is 26.9 Å². The number of amides is 1. The second-order valence-corrected chi connectivity index (χ2v) is 7.79. The first-order chi connectivity index (χ1) is 14.6. The molecule has 2 aromatic carbocycles. The number of hydrogen-bond acceptors (Lipinski definition) is 7. The van der Waals surface area contributed by atoms with Crippen molar-refractivity contribution in [3.05, 3.63) is 47.3 Å². The number of thiophene rings is 1. The quantitative estimate of drug-likeness (QED) is 0.505. The Morgan fingerprint density at radius 1 is 1.17 bits per heavy atom. The standard InChI is InChI=1S/C22H19N3O4S/c1-2-27-14-4-5-16-12(9-14)10-15-19(23)20(30-22(15)25-16)21(26)24-13-3-6-17-18(11-13)29-8-7-28-17/h3-6,9-11H,2,7-8,23H2,1H3,(H,24,26). The molecule has 0 saturated carbocycles. The van der Waals surface area contributed by atoms with Crippen LogP contribution in [0.2, 0.25) is 0 Å². The molecule has 8 heteroatoms. The molecule has 1 amide bonds. The number of fused-ring (bicyclic) bond motifs is 3. The minimum Gasteiger partial charge on any atom is -0.494 e. The van der Waals surface area contributed by atoms with Crippen molar-refractivity contribution in [2.24, 2.45) is 0 Å². The number of nitrogens with one attached hydrogen (secondary N) is 1. The van der Waals surface area contributed by atoms with Crippen molar-refractivity contribution in [2.75, 3.05) is 30.9 Å². The molecule has 0 saturated heterocycles. The van der Waals surface area contributed by atoms with E-state index in [-0.39, 0.29) is 5.91 Å². The van der Waals surface area contributed by atoms with Crippen molar-refractivity contribution in [3.63, 3.8) is 0 Å². The van der Waals surface area contributed by atoms with E-state index < -0.39 is 0 Å². The normalized spacial score (nSPS) is 12.8. The van der Waals surface area contributed by atoms with E-state index in [1.165, 1.54) is 11.3 Å². The molecule has 7 nitrogen and oxygen atoms in total. The Morgan fingerprint density at radius 3 is 2.83 bits per heavy atom.